The first-order valence-corrected chi connectivity index (χ1v) is 13.0. The van der Waals surface area contributed by atoms with Crippen LogP contribution in [0.1, 0.15) is 109 Å². The van der Waals surface area contributed by atoms with Crippen LogP contribution in [0.2, 0.25) is 0 Å². The lowest BCUT2D eigenvalue weighted by Gasteiger charge is -2.03. The van der Waals surface area contributed by atoms with Crippen LogP contribution >= 0.6 is 0 Å². The Hall–Kier alpha value is -1.57. The molecule has 2 rings (SSSR count). The quantitative estimate of drug-likeness (QED) is 0.164. The van der Waals surface area contributed by atoms with E-state index in [-0.39, 0.29) is 0 Å². The fourth-order valence-corrected chi connectivity index (χ4v) is 4.30. The van der Waals surface area contributed by atoms with Crippen LogP contribution in [0.4, 0.5) is 0 Å². The molecule has 0 amide bonds. The van der Waals surface area contributed by atoms with E-state index in [1.165, 1.54) is 108 Å². The molecular formula is C28H47N2+. The number of rotatable bonds is 19. The number of unbranched alkanes of at least 4 members (excludes halogenated alkanes) is 13. The summed E-state index contributed by atoms with van der Waals surface area (Å²) < 4.78 is 4.70. The highest BCUT2D eigenvalue weighted by molar-refractivity contribution is 5.14. The van der Waals surface area contributed by atoms with Crippen molar-refractivity contribution >= 4 is 0 Å². The van der Waals surface area contributed by atoms with Crippen LogP contribution in [0.5, 0.6) is 0 Å². The van der Waals surface area contributed by atoms with Gasteiger partial charge in [-0.25, -0.2) is 9.13 Å². The van der Waals surface area contributed by atoms with Gasteiger partial charge in [0.2, 0.25) is 6.33 Å². The summed E-state index contributed by atoms with van der Waals surface area (Å²) in [6.45, 7) is 4.58. The average Bonchev–Trinajstić information content (AvgIpc) is 3.22. The minimum absolute atomic E-state index is 1.11. The molecule has 0 aliphatic rings. The SMILES string of the molecule is CCCCCCCCCCCCCCCCn1cc[n+](CCCc2ccccc2)c1. The first kappa shape index (κ1) is 24.7. The molecule has 2 aromatic rings. The second kappa shape index (κ2) is 17.1. The largest absolute Gasteiger partial charge is 0.243 e. The van der Waals surface area contributed by atoms with Gasteiger partial charge in [-0.3, -0.25) is 0 Å². The number of imidazole rings is 1. The molecule has 1 aromatic carbocycles. The molecule has 1 aromatic heterocycles. The van der Waals surface area contributed by atoms with Gasteiger partial charge in [0.15, 0.2) is 0 Å². The number of aryl methyl sites for hydroxylation is 3. The summed E-state index contributed by atoms with van der Waals surface area (Å²) in [7, 11) is 0. The second-order valence-corrected chi connectivity index (χ2v) is 9.07. The van der Waals surface area contributed by atoms with E-state index in [1.807, 2.05) is 0 Å². The lowest BCUT2D eigenvalue weighted by atomic mass is 10.0. The van der Waals surface area contributed by atoms with Gasteiger partial charge in [-0.15, -0.1) is 0 Å². The Morgan fingerprint density at radius 1 is 0.667 bits per heavy atom. The van der Waals surface area contributed by atoms with Gasteiger partial charge in [-0.1, -0.05) is 114 Å². The van der Waals surface area contributed by atoms with Crippen molar-refractivity contribution in [2.45, 2.75) is 123 Å². The van der Waals surface area contributed by atoms with E-state index >= 15 is 0 Å². The van der Waals surface area contributed by atoms with Crippen molar-refractivity contribution in [1.82, 2.24) is 4.57 Å². The lowest BCUT2D eigenvalue weighted by Crippen LogP contribution is -2.31. The molecule has 0 unspecified atom stereocenters. The number of aromatic nitrogens is 2. The smallest absolute Gasteiger partial charge is 0.237 e. The fourth-order valence-electron chi connectivity index (χ4n) is 4.30. The van der Waals surface area contributed by atoms with Crippen molar-refractivity contribution in [3.05, 3.63) is 54.6 Å². The van der Waals surface area contributed by atoms with Crippen LogP contribution in [-0.2, 0) is 19.5 Å². The maximum absolute atomic E-state index is 2.36. The summed E-state index contributed by atoms with van der Waals surface area (Å²) in [5.74, 6) is 0. The highest BCUT2D eigenvalue weighted by Crippen LogP contribution is 2.13. The third-order valence-corrected chi connectivity index (χ3v) is 6.24. The highest BCUT2D eigenvalue weighted by Gasteiger charge is 2.04. The molecule has 2 nitrogen and oxygen atoms in total. The molecule has 0 bridgehead atoms. The third kappa shape index (κ3) is 12.2. The van der Waals surface area contributed by atoms with Crippen molar-refractivity contribution in [2.75, 3.05) is 0 Å². The van der Waals surface area contributed by atoms with E-state index in [2.05, 4.69) is 65.1 Å². The predicted molar refractivity (Wildman–Crippen MR) is 130 cm³/mol. The Labute approximate surface area is 186 Å². The summed E-state index contributed by atoms with van der Waals surface area (Å²) in [5, 5.41) is 0. The molecule has 0 saturated carbocycles. The first-order valence-electron chi connectivity index (χ1n) is 13.0. The van der Waals surface area contributed by atoms with Gasteiger partial charge in [0, 0.05) is 0 Å². The predicted octanol–water partition coefficient (Wildman–Crippen LogP) is 7.89. The first-order chi connectivity index (χ1) is 14.9. The van der Waals surface area contributed by atoms with Gasteiger partial charge in [-0.05, 0) is 31.2 Å². The van der Waals surface area contributed by atoms with Crippen molar-refractivity contribution < 1.29 is 4.57 Å². The second-order valence-electron chi connectivity index (χ2n) is 9.07. The summed E-state index contributed by atoms with van der Waals surface area (Å²) >= 11 is 0. The molecule has 2 heteroatoms. The molecular weight excluding hydrogens is 364 g/mol. The van der Waals surface area contributed by atoms with Crippen LogP contribution in [0.15, 0.2) is 49.1 Å². The molecule has 1 heterocycles. The maximum Gasteiger partial charge on any atom is 0.243 e. The van der Waals surface area contributed by atoms with E-state index < -0.39 is 0 Å². The minimum Gasteiger partial charge on any atom is -0.237 e. The number of nitrogens with zero attached hydrogens (tertiary/aromatic N) is 2. The van der Waals surface area contributed by atoms with Crippen LogP contribution < -0.4 is 4.57 Å². The van der Waals surface area contributed by atoms with E-state index in [0.717, 1.165) is 13.0 Å². The third-order valence-electron chi connectivity index (χ3n) is 6.24. The van der Waals surface area contributed by atoms with Crippen LogP contribution in [0.25, 0.3) is 0 Å². The zero-order valence-electron chi connectivity index (χ0n) is 19.7. The van der Waals surface area contributed by atoms with E-state index in [0.29, 0.717) is 0 Å². The average molecular weight is 412 g/mol. The summed E-state index contributed by atoms with van der Waals surface area (Å²) in [4.78, 5) is 0. The molecule has 0 fully saturated rings. The molecule has 0 radical (unpaired) electrons. The summed E-state index contributed by atoms with van der Waals surface area (Å²) in [6, 6.07) is 10.8. The molecule has 0 atom stereocenters. The highest BCUT2D eigenvalue weighted by atomic mass is 15.1. The van der Waals surface area contributed by atoms with Crippen LogP contribution in [-0.4, -0.2) is 4.57 Å². The Morgan fingerprint density at radius 2 is 1.23 bits per heavy atom. The molecule has 0 aliphatic carbocycles. The maximum atomic E-state index is 2.36. The van der Waals surface area contributed by atoms with E-state index in [4.69, 9.17) is 0 Å². The Morgan fingerprint density at radius 3 is 1.83 bits per heavy atom. The standard InChI is InChI=1S/C28H47N2/c1-2-3-4-5-6-7-8-9-10-11-12-13-14-18-23-29-25-26-30(27-29)24-19-22-28-20-16-15-17-21-28/h15-17,20-21,25-27H,2-14,18-19,22-24H2,1H3/q+1. The summed E-state index contributed by atoms with van der Waals surface area (Å²) in [5.41, 5.74) is 1.44. The summed E-state index contributed by atoms with van der Waals surface area (Å²) in [6.07, 6.45) is 29.1. The normalized spacial score (nSPS) is 11.2. The van der Waals surface area contributed by atoms with Crippen molar-refractivity contribution in [3.8, 4) is 0 Å². The van der Waals surface area contributed by atoms with E-state index in [1.54, 1.807) is 0 Å². The minimum atomic E-state index is 1.11. The van der Waals surface area contributed by atoms with Gasteiger partial charge in [-0.2, -0.15) is 0 Å². The van der Waals surface area contributed by atoms with Crippen molar-refractivity contribution in [1.29, 1.82) is 0 Å². The Balaban J connectivity index is 1.37. The Kier molecular flexibility index (Phi) is 14.1. The molecule has 0 N–H and O–H groups in total. The number of benzene rings is 1. The monoisotopic (exact) mass is 411 g/mol. The fraction of sp³-hybridized carbons (Fsp3) is 0.679. The molecule has 168 valence electrons. The zero-order chi connectivity index (χ0) is 21.1. The van der Waals surface area contributed by atoms with Gasteiger partial charge >= 0.3 is 0 Å². The van der Waals surface area contributed by atoms with E-state index in [9.17, 15) is 0 Å². The zero-order valence-corrected chi connectivity index (χ0v) is 19.7. The van der Waals surface area contributed by atoms with Gasteiger partial charge in [0.1, 0.15) is 12.4 Å². The number of hydrogen-bond acceptors (Lipinski definition) is 0. The van der Waals surface area contributed by atoms with Crippen LogP contribution in [0, 0.1) is 0 Å². The molecule has 0 aliphatic heterocycles. The van der Waals surface area contributed by atoms with Crippen LogP contribution in [0.3, 0.4) is 0 Å². The topological polar surface area (TPSA) is 8.81 Å². The lowest BCUT2D eigenvalue weighted by molar-refractivity contribution is -0.696. The Bertz CT molecular complexity index is 617. The molecule has 0 saturated heterocycles. The number of hydrogen-bond donors (Lipinski definition) is 0. The molecule has 0 spiro atoms. The van der Waals surface area contributed by atoms with Gasteiger partial charge < -0.3 is 0 Å². The van der Waals surface area contributed by atoms with Gasteiger partial charge in [0.05, 0.1) is 13.1 Å². The van der Waals surface area contributed by atoms with Gasteiger partial charge in [0.25, 0.3) is 0 Å². The van der Waals surface area contributed by atoms with Crippen molar-refractivity contribution in [2.24, 2.45) is 0 Å². The molecule has 30 heavy (non-hydrogen) atoms. The van der Waals surface area contributed by atoms with Crippen molar-refractivity contribution in [3.63, 3.8) is 0 Å².